The van der Waals surface area contributed by atoms with Crippen LogP contribution in [0.3, 0.4) is 0 Å². The maximum Gasteiger partial charge on any atom is 0.222 e. The fourth-order valence-corrected chi connectivity index (χ4v) is 2.34. The highest BCUT2D eigenvalue weighted by atomic mass is 16.6. The number of anilines is 1. The van der Waals surface area contributed by atoms with Gasteiger partial charge in [-0.2, -0.15) is 4.98 Å². The molecule has 12 heteroatoms. The first-order chi connectivity index (χ1) is 10.5. The highest BCUT2D eigenvalue weighted by Crippen LogP contribution is 2.39. The number of hydrogen-bond acceptors (Lipinski definition) is 9. The molecule has 0 unspecified atom stereocenters. The monoisotopic (exact) mass is 308 g/mol. The van der Waals surface area contributed by atoms with Crippen molar-refractivity contribution in [1.82, 2.24) is 19.5 Å². The molecule has 4 atom stereocenters. The third-order valence-corrected chi connectivity index (χ3v) is 3.45. The van der Waals surface area contributed by atoms with Crippen LogP contribution in [0.4, 0.5) is 5.95 Å². The highest BCUT2D eigenvalue weighted by Gasteiger charge is 2.54. The fourth-order valence-electron chi connectivity index (χ4n) is 2.34. The van der Waals surface area contributed by atoms with Gasteiger partial charge in [0.25, 0.3) is 0 Å². The Bertz CT molecular complexity index is 758. The summed E-state index contributed by atoms with van der Waals surface area (Å²) in [6, 6.07) is 0. The van der Waals surface area contributed by atoms with Crippen LogP contribution >= 0.6 is 0 Å². The molecule has 1 saturated heterocycles. The average molecular weight is 308 g/mol. The lowest BCUT2D eigenvalue weighted by atomic mass is 10.1. The predicted molar refractivity (Wildman–Crippen MR) is 70.8 cm³/mol. The Morgan fingerprint density at radius 1 is 1.50 bits per heavy atom. The normalized spacial score (nSPS) is 31.3. The van der Waals surface area contributed by atoms with Crippen molar-refractivity contribution < 1.29 is 20.1 Å². The standard InChI is InChI=1S/C10H12N8O4/c11-9-13-1-4-7(15-9)18(3-14-4)8-5(20)6(21)10(2-19,22-8)16-17-12/h1,3,5-6,8,19-21H,2H2,(H2,11,13,15)/t5-,6+,8-,10-/m1/s1. The quantitative estimate of drug-likeness (QED) is 0.304. The second kappa shape index (κ2) is 5.05. The Balaban J connectivity index is 2.08. The second-order valence-electron chi connectivity index (χ2n) is 4.73. The molecule has 5 N–H and O–H groups in total. The molecule has 0 spiro atoms. The topological polar surface area (TPSA) is 188 Å². The Hall–Kier alpha value is -2.50. The molecular formula is C10H12N8O4. The molecule has 0 radical (unpaired) electrons. The van der Waals surface area contributed by atoms with E-state index >= 15 is 0 Å². The smallest absolute Gasteiger partial charge is 0.222 e. The summed E-state index contributed by atoms with van der Waals surface area (Å²) in [5.74, 6) is -0.00856. The first-order valence-corrected chi connectivity index (χ1v) is 6.18. The van der Waals surface area contributed by atoms with Crippen LogP contribution in [0.2, 0.25) is 0 Å². The van der Waals surface area contributed by atoms with Crippen molar-refractivity contribution in [3.63, 3.8) is 0 Å². The van der Waals surface area contributed by atoms with Crippen molar-refractivity contribution in [2.75, 3.05) is 12.3 Å². The molecule has 0 amide bonds. The summed E-state index contributed by atoms with van der Waals surface area (Å²) in [6.07, 6.45) is -1.59. The van der Waals surface area contributed by atoms with Gasteiger partial charge in [-0.05, 0) is 5.53 Å². The summed E-state index contributed by atoms with van der Waals surface area (Å²) in [6.45, 7) is -0.810. The summed E-state index contributed by atoms with van der Waals surface area (Å²) in [5.41, 5.74) is 12.8. The summed E-state index contributed by atoms with van der Waals surface area (Å²) >= 11 is 0. The molecule has 3 rings (SSSR count). The SMILES string of the molecule is [N-]=[N+]=N[C@]1(CO)O[C@@H](n2cnc3cnc(N)nc32)[C@H](O)[C@@H]1O. The van der Waals surface area contributed by atoms with Crippen LogP contribution in [-0.4, -0.2) is 59.4 Å². The maximum atomic E-state index is 10.2. The molecule has 22 heavy (non-hydrogen) atoms. The van der Waals surface area contributed by atoms with Gasteiger partial charge in [0.1, 0.15) is 17.7 Å². The summed E-state index contributed by atoms with van der Waals surface area (Å²) < 4.78 is 6.72. The van der Waals surface area contributed by atoms with Crippen LogP contribution in [0.15, 0.2) is 17.6 Å². The number of ether oxygens (including phenoxy) is 1. The average Bonchev–Trinajstić information content (AvgIpc) is 3.02. The fraction of sp³-hybridized carbons (Fsp3) is 0.500. The van der Waals surface area contributed by atoms with Crippen molar-refractivity contribution in [3.05, 3.63) is 23.0 Å². The zero-order valence-electron chi connectivity index (χ0n) is 11.1. The molecule has 2 aromatic heterocycles. The van der Waals surface area contributed by atoms with Gasteiger partial charge in [-0.3, -0.25) is 4.57 Å². The van der Waals surface area contributed by atoms with E-state index in [1.54, 1.807) is 0 Å². The van der Waals surface area contributed by atoms with E-state index in [0.717, 1.165) is 0 Å². The molecule has 2 aromatic rings. The van der Waals surface area contributed by atoms with E-state index in [1.807, 2.05) is 0 Å². The molecular weight excluding hydrogens is 296 g/mol. The van der Waals surface area contributed by atoms with Gasteiger partial charge >= 0.3 is 0 Å². The lowest BCUT2D eigenvalue weighted by Crippen LogP contribution is -2.44. The maximum absolute atomic E-state index is 10.2. The third kappa shape index (κ3) is 1.94. The van der Waals surface area contributed by atoms with Gasteiger partial charge in [-0.15, -0.1) is 0 Å². The summed E-state index contributed by atoms with van der Waals surface area (Å²) in [7, 11) is 0. The number of nitrogen functional groups attached to an aromatic ring is 1. The predicted octanol–water partition coefficient (Wildman–Crippen LogP) is -1.34. The molecule has 0 bridgehead atoms. The Kier molecular flexibility index (Phi) is 3.31. The molecule has 0 aromatic carbocycles. The van der Waals surface area contributed by atoms with Gasteiger partial charge < -0.3 is 25.8 Å². The van der Waals surface area contributed by atoms with Gasteiger partial charge in [-0.25, -0.2) is 9.97 Å². The summed E-state index contributed by atoms with van der Waals surface area (Å²) in [4.78, 5) is 14.3. The first kappa shape index (κ1) is 14.4. The number of fused-ring (bicyclic) bond motifs is 1. The number of aliphatic hydroxyl groups is 3. The van der Waals surface area contributed by atoms with E-state index < -0.39 is 30.8 Å². The van der Waals surface area contributed by atoms with Gasteiger partial charge in [0.2, 0.25) is 11.7 Å². The van der Waals surface area contributed by atoms with E-state index in [0.29, 0.717) is 5.52 Å². The van der Waals surface area contributed by atoms with Crippen LogP contribution in [-0.2, 0) is 4.74 Å². The van der Waals surface area contributed by atoms with E-state index in [2.05, 4.69) is 25.0 Å². The van der Waals surface area contributed by atoms with Gasteiger partial charge in [0.15, 0.2) is 11.9 Å². The van der Waals surface area contributed by atoms with Crippen molar-refractivity contribution in [2.24, 2.45) is 5.11 Å². The Morgan fingerprint density at radius 2 is 2.27 bits per heavy atom. The number of nitrogens with zero attached hydrogens (tertiary/aromatic N) is 7. The Morgan fingerprint density at radius 3 is 2.95 bits per heavy atom. The second-order valence-corrected chi connectivity index (χ2v) is 4.73. The zero-order valence-corrected chi connectivity index (χ0v) is 11.1. The third-order valence-electron chi connectivity index (χ3n) is 3.45. The zero-order chi connectivity index (χ0) is 15.9. The van der Waals surface area contributed by atoms with Crippen molar-refractivity contribution >= 4 is 17.1 Å². The van der Waals surface area contributed by atoms with Crippen LogP contribution in [0, 0.1) is 0 Å². The van der Waals surface area contributed by atoms with E-state index in [-0.39, 0.29) is 11.6 Å². The minimum atomic E-state index is -1.99. The number of hydrogen-bond donors (Lipinski definition) is 4. The Labute approximate surface area is 122 Å². The van der Waals surface area contributed by atoms with Gasteiger partial charge in [0, 0.05) is 4.91 Å². The highest BCUT2D eigenvalue weighted by molar-refractivity contribution is 5.70. The van der Waals surface area contributed by atoms with E-state index in [4.69, 9.17) is 16.0 Å². The van der Waals surface area contributed by atoms with Crippen LogP contribution in [0.5, 0.6) is 0 Å². The largest absolute Gasteiger partial charge is 0.393 e. The molecule has 0 saturated carbocycles. The summed E-state index contributed by atoms with van der Waals surface area (Å²) in [5, 5.41) is 32.8. The number of azide groups is 1. The number of aromatic nitrogens is 4. The molecule has 12 nitrogen and oxygen atoms in total. The van der Waals surface area contributed by atoms with Gasteiger partial charge in [0.05, 0.1) is 19.1 Å². The molecule has 0 aliphatic carbocycles. The lowest BCUT2D eigenvalue weighted by Gasteiger charge is -2.23. The first-order valence-electron chi connectivity index (χ1n) is 6.18. The lowest BCUT2D eigenvalue weighted by molar-refractivity contribution is -0.123. The molecule has 1 aliphatic heterocycles. The number of nitrogens with two attached hydrogens (primary N) is 1. The minimum absolute atomic E-state index is 0.00856. The molecule has 116 valence electrons. The van der Waals surface area contributed by atoms with Crippen LogP contribution in [0.1, 0.15) is 6.23 Å². The van der Waals surface area contributed by atoms with Crippen LogP contribution < -0.4 is 5.73 Å². The number of rotatable bonds is 3. The number of aliphatic hydroxyl groups excluding tert-OH is 3. The molecule has 3 heterocycles. The van der Waals surface area contributed by atoms with Gasteiger partial charge in [-0.1, -0.05) is 5.11 Å². The van der Waals surface area contributed by atoms with Crippen LogP contribution in [0.25, 0.3) is 21.6 Å². The van der Waals surface area contributed by atoms with Crippen molar-refractivity contribution in [3.8, 4) is 0 Å². The van der Waals surface area contributed by atoms with E-state index in [9.17, 15) is 15.3 Å². The van der Waals surface area contributed by atoms with Crippen molar-refractivity contribution in [1.29, 1.82) is 0 Å². The minimum Gasteiger partial charge on any atom is -0.393 e. The molecule has 1 fully saturated rings. The van der Waals surface area contributed by atoms with Crippen molar-refractivity contribution in [2.45, 2.75) is 24.2 Å². The van der Waals surface area contributed by atoms with E-state index in [1.165, 1.54) is 17.1 Å². The number of imidazole rings is 1. The molecule has 1 aliphatic rings.